The summed E-state index contributed by atoms with van der Waals surface area (Å²) in [4.78, 5) is 2.22. The number of likely N-dealkylation sites (N-methyl/N-ethyl adjacent to an activating group) is 1. The summed E-state index contributed by atoms with van der Waals surface area (Å²) in [5.41, 5.74) is 9.06. The van der Waals surface area contributed by atoms with Crippen molar-refractivity contribution in [2.45, 2.75) is 13.3 Å². The van der Waals surface area contributed by atoms with Crippen LogP contribution in [0.5, 0.6) is 5.75 Å². The van der Waals surface area contributed by atoms with Crippen LogP contribution in [0.15, 0.2) is 48.5 Å². The van der Waals surface area contributed by atoms with Crippen LogP contribution in [0, 0.1) is 0 Å². The van der Waals surface area contributed by atoms with Crippen LogP contribution in [0.2, 0.25) is 0 Å². The minimum absolute atomic E-state index is 0.626. The fourth-order valence-corrected chi connectivity index (χ4v) is 2.11. The molecule has 0 aliphatic heterocycles. The van der Waals surface area contributed by atoms with Gasteiger partial charge in [-0.2, -0.15) is 0 Å². The summed E-state index contributed by atoms with van der Waals surface area (Å²) in [5.74, 6) is 0.761. The summed E-state index contributed by atoms with van der Waals surface area (Å²) in [7, 11) is 2.09. The van der Waals surface area contributed by atoms with Crippen LogP contribution in [-0.2, 0) is 6.42 Å². The maximum Gasteiger partial charge on any atom is 0.144 e. The van der Waals surface area contributed by atoms with Gasteiger partial charge in [0, 0.05) is 25.3 Å². The lowest BCUT2D eigenvalue weighted by Crippen LogP contribution is -2.20. The third-order valence-corrected chi connectivity index (χ3v) is 3.32. The molecule has 2 N–H and O–H groups in total. The molecule has 0 saturated carbocycles. The molecule has 3 heteroatoms. The van der Waals surface area contributed by atoms with E-state index in [0.29, 0.717) is 12.3 Å². The molecule has 0 heterocycles. The molecule has 106 valence electrons. The van der Waals surface area contributed by atoms with Crippen molar-refractivity contribution in [1.29, 1.82) is 0 Å². The monoisotopic (exact) mass is 270 g/mol. The van der Waals surface area contributed by atoms with E-state index in [2.05, 4.69) is 36.2 Å². The van der Waals surface area contributed by atoms with E-state index in [1.165, 1.54) is 5.56 Å². The number of hydrogen-bond donors (Lipinski definition) is 1. The highest BCUT2D eigenvalue weighted by Crippen LogP contribution is 2.27. The van der Waals surface area contributed by atoms with Gasteiger partial charge in [0.15, 0.2) is 0 Å². The van der Waals surface area contributed by atoms with Gasteiger partial charge in [0.2, 0.25) is 0 Å². The molecular formula is C17H22N2O. The normalized spacial score (nSPS) is 10.3. The zero-order valence-corrected chi connectivity index (χ0v) is 12.2. The minimum Gasteiger partial charge on any atom is -0.492 e. The number of nitrogens with zero attached hydrogens (tertiary/aromatic N) is 1. The van der Waals surface area contributed by atoms with Gasteiger partial charge in [0.05, 0.1) is 12.3 Å². The molecule has 2 aromatic rings. The average molecular weight is 270 g/mol. The number of nitrogen functional groups attached to an aromatic ring is 1. The lowest BCUT2D eigenvalue weighted by atomic mass is 10.1. The van der Waals surface area contributed by atoms with Crippen molar-refractivity contribution in [1.82, 2.24) is 0 Å². The molecule has 0 aliphatic carbocycles. The molecule has 0 radical (unpaired) electrons. The largest absolute Gasteiger partial charge is 0.492 e. The number of ether oxygens (including phenoxy) is 1. The van der Waals surface area contributed by atoms with Crippen LogP contribution in [0.1, 0.15) is 12.5 Å². The van der Waals surface area contributed by atoms with Crippen molar-refractivity contribution in [3.8, 4) is 5.75 Å². The molecule has 2 rings (SSSR count). The molecule has 0 spiro atoms. The Morgan fingerprint density at radius 2 is 1.85 bits per heavy atom. The summed E-state index contributed by atoms with van der Waals surface area (Å²) in [5, 5.41) is 0. The average Bonchev–Trinajstić information content (AvgIpc) is 2.48. The Hall–Kier alpha value is -2.16. The fourth-order valence-electron chi connectivity index (χ4n) is 2.11. The van der Waals surface area contributed by atoms with Gasteiger partial charge in [-0.25, -0.2) is 0 Å². The lowest BCUT2D eigenvalue weighted by molar-refractivity contribution is 0.342. The lowest BCUT2D eigenvalue weighted by Gasteiger charge is -2.20. The molecule has 0 aromatic heterocycles. The summed E-state index contributed by atoms with van der Waals surface area (Å²) < 4.78 is 5.54. The van der Waals surface area contributed by atoms with E-state index in [0.717, 1.165) is 24.4 Å². The van der Waals surface area contributed by atoms with E-state index in [4.69, 9.17) is 10.5 Å². The smallest absolute Gasteiger partial charge is 0.144 e. The van der Waals surface area contributed by atoms with Crippen molar-refractivity contribution >= 4 is 11.4 Å². The third kappa shape index (κ3) is 3.67. The molecule has 0 fully saturated rings. The van der Waals surface area contributed by atoms with E-state index in [-0.39, 0.29) is 0 Å². The highest BCUT2D eigenvalue weighted by Gasteiger charge is 2.06. The van der Waals surface area contributed by atoms with Gasteiger partial charge >= 0.3 is 0 Å². The highest BCUT2D eigenvalue weighted by molar-refractivity contribution is 5.62. The van der Waals surface area contributed by atoms with Gasteiger partial charge < -0.3 is 15.4 Å². The second kappa shape index (κ2) is 6.85. The first-order valence-electron chi connectivity index (χ1n) is 6.98. The van der Waals surface area contributed by atoms with Crippen LogP contribution >= 0.6 is 0 Å². The predicted octanol–water partition coefficient (Wildman–Crippen LogP) is 3.35. The molecule has 2 aromatic carbocycles. The topological polar surface area (TPSA) is 38.5 Å². The van der Waals surface area contributed by atoms with Crippen LogP contribution < -0.4 is 15.4 Å². The van der Waals surface area contributed by atoms with Gasteiger partial charge in [0.25, 0.3) is 0 Å². The number of nitrogens with two attached hydrogens (primary N) is 1. The SMILES string of the molecule is CCOc1cc(N(C)CCc2ccccc2)ccc1N. The second-order valence-electron chi connectivity index (χ2n) is 4.81. The molecule has 0 atom stereocenters. The van der Waals surface area contributed by atoms with Gasteiger partial charge in [-0.1, -0.05) is 30.3 Å². The Labute approximate surface area is 121 Å². The Morgan fingerprint density at radius 3 is 2.55 bits per heavy atom. The molecule has 3 nitrogen and oxygen atoms in total. The van der Waals surface area contributed by atoms with Gasteiger partial charge in [-0.05, 0) is 31.0 Å². The molecule has 0 unspecified atom stereocenters. The maximum absolute atomic E-state index is 5.90. The van der Waals surface area contributed by atoms with Crippen LogP contribution in [0.3, 0.4) is 0 Å². The summed E-state index contributed by atoms with van der Waals surface area (Å²) in [6, 6.07) is 16.4. The van der Waals surface area contributed by atoms with Crippen LogP contribution in [-0.4, -0.2) is 20.2 Å². The van der Waals surface area contributed by atoms with Crippen LogP contribution in [0.25, 0.3) is 0 Å². The zero-order chi connectivity index (χ0) is 14.4. The van der Waals surface area contributed by atoms with Crippen molar-refractivity contribution in [3.05, 3.63) is 54.1 Å². The first-order valence-corrected chi connectivity index (χ1v) is 6.98. The van der Waals surface area contributed by atoms with Crippen LogP contribution in [0.4, 0.5) is 11.4 Å². The Kier molecular flexibility index (Phi) is 4.88. The highest BCUT2D eigenvalue weighted by atomic mass is 16.5. The van der Waals surface area contributed by atoms with E-state index < -0.39 is 0 Å². The molecule has 0 saturated heterocycles. The van der Waals surface area contributed by atoms with Crippen molar-refractivity contribution in [2.24, 2.45) is 0 Å². The number of benzene rings is 2. The summed E-state index contributed by atoms with van der Waals surface area (Å²) in [6.45, 7) is 3.55. The van der Waals surface area contributed by atoms with E-state index >= 15 is 0 Å². The summed E-state index contributed by atoms with van der Waals surface area (Å²) in [6.07, 6.45) is 1.02. The first-order chi connectivity index (χ1) is 9.70. The Morgan fingerprint density at radius 1 is 1.10 bits per heavy atom. The first kappa shape index (κ1) is 14.3. The zero-order valence-electron chi connectivity index (χ0n) is 12.2. The van der Waals surface area contributed by atoms with E-state index in [1.807, 2.05) is 31.2 Å². The van der Waals surface area contributed by atoms with Crippen molar-refractivity contribution in [3.63, 3.8) is 0 Å². The van der Waals surface area contributed by atoms with E-state index in [1.54, 1.807) is 0 Å². The summed E-state index contributed by atoms with van der Waals surface area (Å²) >= 11 is 0. The van der Waals surface area contributed by atoms with Crippen molar-refractivity contribution in [2.75, 3.05) is 30.8 Å². The number of rotatable bonds is 6. The minimum atomic E-state index is 0.626. The molecular weight excluding hydrogens is 248 g/mol. The Bertz CT molecular complexity index is 540. The van der Waals surface area contributed by atoms with Crippen molar-refractivity contribution < 1.29 is 4.74 Å². The predicted molar refractivity (Wildman–Crippen MR) is 85.4 cm³/mol. The van der Waals surface area contributed by atoms with Gasteiger partial charge in [0.1, 0.15) is 5.75 Å². The Balaban J connectivity index is 2.01. The quantitative estimate of drug-likeness (QED) is 0.818. The number of hydrogen-bond acceptors (Lipinski definition) is 3. The standard InChI is InChI=1S/C17H22N2O/c1-3-20-17-13-15(9-10-16(17)18)19(2)12-11-14-7-5-4-6-8-14/h4-10,13H,3,11-12,18H2,1-2H3. The maximum atomic E-state index is 5.90. The van der Waals surface area contributed by atoms with Gasteiger partial charge in [-0.3, -0.25) is 0 Å². The third-order valence-electron chi connectivity index (χ3n) is 3.32. The second-order valence-corrected chi connectivity index (χ2v) is 4.81. The molecule has 20 heavy (non-hydrogen) atoms. The van der Waals surface area contributed by atoms with E-state index in [9.17, 15) is 0 Å². The number of anilines is 2. The molecule has 0 amide bonds. The van der Waals surface area contributed by atoms with Gasteiger partial charge in [-0.15, -0.1) is 0 Å². The molecule has 0 aliphatic rings. The molecule has 0 bridgehead atoms. The fraction of sp³-hybridized carbons (Fsp3) is 0.294.